The number of aromatic nitrogens is 1. The number of carbonyl (C=O) groups is 1. The second-order valence-electron chi connectivity index (χ2n) is 5.28. The summed E-state index contributed by atoms with van der Waals surface area (Å²) in [6, 6.07) is 5.15. The van der Waals surface area contributed by atoms with Crippen LogP contribution in [-0.2, 0) is 11.3 Å². The van der Waals surface area contributed by atoms with Gasteiger partial charge in [0.05, 0.1) is 0 Å². The van der Waals surface area contributed by atoms with Crippen molar-refractivity contribution in [2.24, 2.45) is 5.92 Å². The van der Waals surface area contributed by atoms with E-state index < -0.39 is 12.0 Å². The van der Waals surface area contributed by atoms with Crippen LogP contribution in [-0.4, -0.2) is 33.5 Å². The number of piperidine rings is 1. The summed E-state index contributed by atoms with van der Waals surface area (Å²) in [6.07, 6.45) is 4.38. The lowest BCUT2D eigenvalue weighted by Crippen LogP contribution is -2.46. The van der Waals surface area contributed by atoms with E-state index in [0.29, 0.717) is 24.6 Å². The predicted molar refractivity (Wildman–Crippen MR) is 73.8 cm³/mol. The molecule has 1 fully saturated rings. The predicted octanol–water partition coefficient (Wildman–Crippen LogP) is 2.03. The molecular formula is C15H19N3O2. The number of hydrogen-bond donors (Lipinski definition) is 1. The largest absolute Gasteiger partial charge is 0.480 e. The molecule has 5 nitrogen and oxygen atoms in total. The fourth-order valence-corrected chi connectivity index (χ4v) is 2.77. The van der Waals surface area contributed by atoms with Gasteiger partial charge in [-0.3, -0.25) is 9.69 Å². The van der Waals surface area contributed by atoms with Crippen LogP contribution in [0.1, 0.15) is 37.4 Å². The van der Waals surface area contributed by atoms with E-state index in [1.165, 1.54) is 0 Å². The van der Waals surface area contributed by atoms with Crippen LogP contribution in [0.25, 0.3) is 0 Å². The summed E-state index contributed by atoms with van der Waals surface area (Å²) in [5.41, 5.74) is 1.32. The number of pyridine rings is 1. The molecule has 1 aromatic heterocycles. The van der Waals surface area contributed by atoms with Gasteiger partial charge in [0.2, 0.25) is 0 Å². The van der Waals surface area contributed by atoms with Gasteiger partial charge in [-0.1, -0.05) is 13.3 Å². The highest BCUT2D eigenvalue weighted by molar-refractivity contribution is 5.73. The van der Waals surface area contributed by atoms with Gasteiger partial charge in [0.25, 0.3) is 0 Å². The molecule has 0 spiro atoms. The number of hydrogen-bond acceptors (Lipinski definition) is 4. The van der Waals surface area contributed by atoms with Crippen molar-refractivity contribution in [1.82, 2.24) is 9.88 Å². The molecule has 0 amide bonds. The van der Waals surface area contributed by atoms with Crippen molar-refractivity contribution in [1.29, 1.82) is 5.26 Å². The zero-order valence-corrected chi connectivity index (χ0v) is 11.6. The maximum Gasteiger partial charge on any atom is 0.320 e. The molecule has 1 aliphatic rings. The van der Waals surface area contributed by atoms with Crippen molar-refractivity contribution in [2.45, 2.75) is 38.8 Å². The van der Waals surface area contributed by atoms with Crippen LogP contribution in [0, 0.1) is 17.2 Å². The van der Waals surface area contributed by atoms with Crippen molar-refractivity contribution < 1.29 is 9.90 Å². The highest BCUT2D eigenvalue weighted by Gasteiger charge is 2.32. The minimum absolute atomic E-state index is 0.373. The van der Waals surface area contributed by atoms with Crippen LogP contribution < -0.4 is 0 Å². The van der Waals surface area contributed by atoms with E-state index in [0.717, 1.165) is 24.9 Å². The van der Waals surface area contributed by atoms with E-state index in [4.69, 9.17) is 5.26 Å². The van der Waals surface area contributed by atoms with Gasteiger partial charge in [0.15, 0.2) is 0 Å². The Morgan fingerprint density at radius 1 is 1.65 bits per heavy atom. The Balaban J connectivity index is 2.10. The molecule has 0 aromatic carbocycles. The summed E-state index contributed by atoms with van der Waals surface area (Å²) in [7, 11) is 0. The Morgan fingerprint density at radius 2 is 2.45 bits per heavy atom. The Kier molecular flexibility index (Phi) is 4.70. The fraction of sp³-hybridized carbons (Fsp3) is 0.533. The van der Waals surface area contributed by atoms with Crippen LogP contribution in [0.4, 0.5) is 0 Å². The molecule has 5 heteroatoms. The van der Waals surface area contributed by atoms with Crippen molar-refractivity contribution in [3.63, 3.8) is 0 Å². The summed E-state index contributed by atoms with van der Waals surface area (Å²) in [6.45, 7) is 3.46. The second-order valence-corrected chi connectivity index (χ2v) is 5.28. The zero-order valence-electron chi connectivity index (χ0n) is 11.6. The number of aliphatic carboxylic acids is 1. The van der Waals surface area contributed by atoms with E-state index in [1.54, 1.807) is 12.3 Å². The minimum atomic E-state index is -0.752. The van der Waals surface area contributed by atoms with Crippen LogP contribution >= 0.6 is 0 Å². The number of likely N-dealkylation sites (tertiary alicyclic amines) is 1. The first-order chi connectivity index (χ1) is 9.63. The first-order valence-corrected chi connectivity index (χ1v) is 6.96. The topological polar surface area (TPSA) is 77.2 Å². The fourth-order valence-electron chi connectivity index (χ4n) is 2.77. The van der Waals surface area contributed by atoms with Gasteiger partial charge in [-0.25, -0.2) is 4.98 Å². The average Bonchev–Trinajstić information content (AvgIpc) is 2.47. The third-order valence-corrected chi connectivity index (χ3v) is 4.01. The molecule has 0 aliphatic carbocycles. The molecule has 0 saturated carbocycles. The van der Waals surface area contributed by atoms with Gasteiger partial charge in [0.1, 0.15) is 17.8 Å². The molecule has 2 heterocycles. The molecule has 1 aliphatic heterocycles. The standard InChI is InChI=1S/C15H19N3O2/c1-2-11-4-6-18(14(8-11)15(19)20)10-12-3-5-17-13(7-12)9-16/h3,5,7,11,14H,2,4,6,8,10H2,1H3,(H,19,20). The number of nitriles is 1. The van der Waals surface area contributed by atoms with Crippen molar-refractivity contribution in [3.05, 3.63) is 29.6 Å². The maximum atomic E-state index is 11.4. The smallest absolute Gasteiger partial charge is 0.320 e. The van der Waals surface area contributed by atoms with Gasteiger partial charge in [-0.15, -0.1) is 0 Å². The van der Waals surface area contributed by atoms with Crippen molar-refractivity contribution in [3.8, 4) is 6.07 Å². The van der Waals surface area contributed by atoms with Gasteiger partial charge >= 0.3 is 5.97 Å². The Morgan fingerprint density at radius 3 is 3.10 bits per heavy atom. The zero-order chi connectivity index (χ0) is 14.5. The normalized spacial score (nSPS) is 23.2. The third kappa shape index (κ3) is 3.34. The highest BCUT2D eigenvalue weighted by atomic mass is 16.4. The van der Waals surface area contributed by atoms with E-state index >= 15 is 0 Å². The summed E-state index contributed by atoms with van der Waals surface area (Å²) < 4.78 is 0. The van der Waals surface area contributed by atoms with Crippen molar-refractivity contribution >= 4 is 5.97 Å². The molecule has 1 N–H and O–H groups in total. The molecule has 20 heavy (non-hydrogen) atoms. The van der Waals surface area contributed by atoms with E-state index in [2.05, 4.69) is 11.9 Å². The van der Waals surface area contributed by atoms with E-state index in [1.807, 2.05) is 17.0 Å². The first kappa shape index (κ1) is 14.5. The number of rotatable bonds is 4. The quantitative estimate of drug-likeness (QED) is 0.908. The molecule has 0 radical (unpaired) electrons. The molecule has 1 aromatic rings. The Labute approximate surface area is 118 Å². The summed E-state index contributed by atoms with van der Waals surface area (Å²) in [4.78, 5) is 17.4. The number of carboxylic acid groups (broad SMARTS) is 1. The summed E-state index contributed by atoms with van der Waals surface area (Å²) in [5.74, 6) is -0.253. The lowest BCUT2D eigenvalue weighted by molar-refractivity contribution is -0.145. The third-order valence-electron chi connectivity index (χ3n) is 4.01. The minimum Gasteiger partial charge on any atom is -0.480 e. The van der Waals surface area contributed by atoms with E-state index in [-0.39, 0.29) is 0 Å². The molecule has 106 valence electrons. The molecule has 2 atom stereocenters. The maximum absolute atomic E-state index is 11.4. The summed E-state index contributed by atoms with van der Waals surface area (Å²) >= 11 is 0. The lowest BCUT2D eigenvalue weighted by atomic mass is 9.88. The monoisotopic (exact) mass is 273 g/mol. The van der Waals surface area contributed by atoms with Crippen molar-refractivity contribution in [2.75, 3.05) is 6.54 Å². The second kappa shape index (κ2) is 6.49. The van der Waals surface area contributed by atoms with Gasteiger partial charge in [-0.05, 0) is 43.0 Å². The van der Waals surface area contributed by atoms with Crippen LogP contribution in [0.3, 0.4) is 0 Å². The van der Waals surface area contributed by atoms with Crippen LogP contribution in [0.5, 0.6) is 0 Å². The molecule has 2 rings (SSSR count). The van der Waals surface area contributed by atoms with Gasteiger partial charge in [-0.2, -0.15) is 5.26 Å². The summed E-state index contributed by atoms with van der Waals surface area (Å²) in [5, 5.41) is 18.2. The molecule has 1 saturated heterocycles. The molecule has 0 bridgehead atoms. The number of nitrogens with zero attached hydrogens (tertiary/aromatic N) is 3. The van der Waals surface area contributed by atoms with E-state index in [9.17, 15) is 9.90 Å². The lowest BCUT2D eigenvalue weighted by Gasteiger charge is -2.36. The van der Waals surface area contributed by atoms with Gasteiger partial charge < -0.3 is 5.11 Å². The Hall–Kier alpha value is -1.93. The van der Waals surface area contributed by atoms with Crippen LogP contribution in [0.15, 0.2) is 18.3 Å². The first-order valence-electron chi connectivity index (χ1n) is 6.96. The van der Waals surface area contributed by atoms with Gasteiger partial charge in [0, 0.05) is 12.7 Å². The SMILES string of the molecule is CCC1CCN(Cc2ccnc(C#N)c2)C(C(=O)O)C1. The van der Waals surface area contributed by atoms with Crippen LogP contribution in [0.2, 0.25) is 0 Å². The highest BCUT2D eigenvalue weighted by Crippen LogP contribution is 2.26. The number of carboxylic acids is 1. The molecule has 2 unspecified atom stereocenters. The Bertz CT molecular complexity index is 524. The average molecular weight is 273 g/mol. The molecular weight excluding hydrogens is 254 g/mol.